The van der Waals surface area contributed by atoms with Gasteiger partial charge in [0.25, 0.3) is 0 Å². The van der Waals surface area contributed by atoms with E-state index in [-0.39, 0.29) is 6.10 Å². The Hall–Kier alpha value is -0.350. The number of ether oxygens (including phenoxy) is 1. The Morgan fingerprint density at radius 2 is 2.23 bits per heavy atom. The molecule has 0 aromatic rings. The fourth-order valence-electron chi connectivity index (χ4n) is 1.62. The summed E-state index contributed by atoms with van der Waals surface area (Å²) in [6.07, 6.45) is 1.63. The maximum Gasteiger partial charge on any atom is 0.166 e. The fourth-order valence-corrected chi connectivity index (χ4v) is 1.92. The van der Waals surface area contributed by atoms with Crippen molar-refractivity contribution in [3.05, 3.63) is 0 Å². The predicted molar refractivity (Wildman–Crippen MR) is 57.8 cm³/mol. The van der Waals surface area contributed by atoms with Crippen molar-refractivity contribution in [2.24, 2.45) is 0 Å². The van der Waals surface area contributed by atoms with E-state index in [4.69, 9.17) is 17.0 Å². The van der Waals surface area contributed by atoms with Crippen molar-refractivity contribution in [3.63, 3.8) is 0 Å². The third-order valence-electron chi connectivity index (χ3n) is 2.25. The molecule has 0 bridgehead atoms. The maximum atomic E-state index is 5.60. The molecule has 76 valence electrons. The van der Waals surface area contributed by atoms with Gasteiger partial charge in [0.05, 0.1) is 18.2 Å². The molecule has 13 heavy (non-hydrogen) atoms. The molecule has 1 saturated heterocycles. The molecule has 2 N–H and O–H groups in total. The van der Waals surface area contributed by atoms with Crippen LogP contribution in [0.1, 0.15) is 27.2 Å². The zero-order valence-electron chi connectivity index (χ0n) is 8.46. The van der Waals surface area contributed by atoms with E-state index < -0.39 is 0 Å². The second-order valence-corrected chi connectivity index (χ2v) is 3.91. The van der Waals surface area contributed by atoms with E-state index in [1.54, 1.807) is 0 Å². The molecular weight excluding hydrogens is 184 g/mol. The van der Waals surface area contributed by atoms with Crippen molar-refractivity contribution < 1.29 is 4.74 Å². The quantitative estimate of drug-likeness (QED) is 0.655. The molecule has 3 unspecified atom stereocenters. The third-order valence-corrected chi connectivity index (χ3v) is 2.52. The van der Waals surface area contributed by atoms with Gasteiger partial charge in [0.2, 0.25) is 0 Å². The van der Waals surface area contributed by atoms with E-state index >= 15 is 0 Å². The van der Waals surface area contributed by atoms with Gasteiger partial charge in [0.1, 0.15) is 0 Å². The molecule has 0 aromatic carbocycles. The number of rotatable bonds is 2. The second kappa shape index (κ2) is 4.77. The molecule has 0 radical (unpaired) electrons. The Bertz CT molecular complexity index is 186. The Morgan fingerprint density at radius 1 is 1.54 bits per heavy atom. The van der Waals surface area contributed by atoms with Crippen molar-refractivity contribution in [1.82, 2.24) is 10.6 Å². The standard InChI is InChI=1S/C9H18N2OS/c1-4-10-9(13)11-8-5-6(2)12-7(8)3/h6-8H,4-5H2,1-3H3,(H2,10,11,13). The zero-order chi connectivity index (χ0) is 9.84. The van der Waals surface area contributed by atoms with Gasteiger partial charge < -0.3 is 15.4 Å². The van der Waals surface area contributed by atoms with E-state index in [1.807, 2.05) is 6.92 Å². The summed E-state index contributed by atoms with van der Waals surface area (Å²) in [5.74, 6) is 0. The molecule has 3 atom stereocenters. The van der Waals surface area contributed by atoms with Gasteiger partial charge in [-0.3, -0.25) is 0 Å². The van der Waals surface area contributed by atoms with E-state index in [9.17, 15) is 0 Å². The maximum absolute atomic E-state index is 5.60. The summed E-state index contributed by atoms with van der Waals surface area (Å²) in [7, 11) is 0. The minimum Gasteiger partial charge on any atom is -0.373 e. The Labute approximate surface area is 85.2 Å². The van der Waals surface area contributed by atoms with Crippen molar-refractivity contribution in [1.29, 1.82) is 0 Å². The van der Waals surface area contributed by atoms with Crippen LogP contribution in [0.3, 0.4) is 0 Å². The molecule has 0 aliphatic carbocycles. The summed E-state index contributed by atoms with van der Waals surface area (Å²) in [6.45, 7) is 7.07. The SMILES string of the molecule is CCNC(=S)NC1CC(C)OC1C. The van der Waals surface area contributed by atoms with Crippen LogP contribution in [0.15, 0.2) is 0 Å². The minimum atomic E-state index is 0.256. The van der Waals surface area contributed by atoms with E-state index in [1.165, 1.54) is 0 Å². The molecule has 1 aliphatic heterocycles. The van der Waals surface area contributed by atoms with Crippen molar-refractivity contribution in [2.45, 2.75) is 45.4 Å². The number of thiocarbonyl (C=S) groups is 1. The highest BCUT2D eigenvalue weighted by molar-refractivity contribution is 7.80. The summed E-state index contributed by atoms with van der Waals surface area (Å²) in [5.41, 5.74) is 0. The molecule has 1 rings (SSSR count). The summed E-state index contributed by atoms with van der Waals surface area (Å²) in [5, 5.41) is 7.06. The average molecular weight is 202 g/mol. The Balaban J connectivity index is 2.32. The third kappa shape index (κ3) is 3.12. The smallest absolute Gasteiger partial charge is 0.166 e. The fraction of sp³-hybridized carbons (Fsp3) is 0.889. The number of hydrogen-bond donors (Lipinski definition) is 2. The number of hydrogen-bond acceptors (Lipinski definition) is 2. The summed E-state index contributed by atoms with van der Waals surface area (Å²) >= 11 is 5.10. The van der Waals surface area contributed by atoms with E-state index in [2.05, 4.69) is 24.5 Å². The van der Waals surface area contributed by atoms with Crippen LogP contribution in [0.2, 0.25) is 0 Å². The van der Waals surface area contributed by atoms with Gasteiger partial charge in [0.15, 0.2) is 5.11 Å². The van der Waals surface area contributed by atoms with E-state index in [0.29, 0.717) is 12.1 Å². The lowest BCUT2D eigenvalue weighted by Gasteiger charge is -2.17. The van der Waals surface area contributed by atoms with Gasteiger partial charge in [-0.2, -0.15) is 0 Å². The lowest BCUT2D eigenvalue weighted by molar-refractivity contribution is 0.0622. The van der Waals surface area contributed by atoms with Crippen LogP contribution in [-0.2, 0) is 4.74 Å². The summed E-state index contributed by atoms with van der Waals surface area (Å²) in [4.78, 5) is 0. The summed E-state index contributed by atoms with van der Waals surface area (Å²) in [6, 6.07) is 0.363. The topological polar surface area (TPSA) is 33.3 Å². The average Bonchev–Trinajstić information content (AvgIpc) is 2.30. The van der Waals surface area contributed by atoms with Crippen LogP contribution in [-0.4, -0.2) is 29.9 Å². The van der Waals surface area contributed by atoms with Gasteiger partial charge in [-0.05, 0) is 39.4 Å². The Morgan fingerprint density at radius 3 is 2.69 bits per heavy atom. The monoisotopic (exact) mass is 202 g/mol. The number of nitrogens with one attached hydrogen (secondary N) is 2. The summed E-state index contributed by atoms with van der Waals surface area (Å²) < 4.78 is 5.60. The van der Waals surface area contributed by atoms with Gasteiger partial charge in [-0.25, -0.2) is 0 Å². The molecule has 1 heterocycles. The molecule has 3 nitrogen and oxygen atoms in total. The van der Waals surface area contributed by atoms with Crippen LogP contribution in [0.4, 0.5) is 0 Å². The normalized spacial score (nSPS) is 33.0. The first-order chi connectivity index (χ1) is 6.13. The highest BCUT2D eigenvalue weighted by Gasteiger charge is 2.29. The van der Waals surface area contributed by atoms with Gasteiger partial charge in [0, 0.05) is 6.54 Å². The first-order valence-electron chi connectivity index (χ1n) is 4.83. The first-order valence-corrected chi connectivity index (χ1v) is 5.24. The lowest BCUT2D eigenvalue weighted by atomic mass is 10.1. The largest absolute Gasteiger partial charge is 0.373 e. The van der Waals surface area contributed by atoms with Crippen molar-refractivity contribution >= 4 is 17.3 Å². The zero-order valence-corrected chi connectivity index (χ0v) is 9.28. The molecule has 1 aliphatic rings. The molecule has 0 amide bonds. The highest BCUT2D eigenvalue weighted by Crippen LogP contribution is 2.19. The molecule has 1 fully saturated rings. The van der Waals surface area contributed by atoms with E-state index in [0.717, 1.165) is 18.1 Å². The molecule has 4 heteroatoms. The van der Waals surface area contributed by atoms with Gasteiger partial charge in [-0.15, -0.1) is 0 Å². The molecule has 0 aromatic heterocycles. The molecular formula is C9H18N2OS. The van der Waals surface area contributed by atoms with Crippen LogP contribution in [0.5, 0.6) is 0 Å². The van der Waals surface area contributed by atoms with Crippen molar-refractivity contribution in [2.75, 3.05) is 6.54 Å². The van der Waals surface area contributed by atoms with Gasteiger partial charge >= 0.3 is 0 Å². The lowest BCUT2D eigenvalue weighted by Crippen LogP contribution is -2.44. The van der Waals surface area contributed by atoms with Crippen LogP contribution in [0.25, 0.3) is 0 Å². The first kappa shape index (κ1) is 10.7. The van der Waals surface area contributed by atoms with Crippen LogP contribution >= 0.6 is 12.2 Å². The van der Waals surface area contributed by atoms with Gasteiger partial charge in [-0.1, -0.05) is 0 Å². The highest BCUT2D eigenvalue weighted by atomic mass is 32.1. The predicted octanol–water partition coefficient (Wildman–Crippen LogP) is 1.04. The van der Waals surface area contributed by atoms with Crippen LogP contribution < -0.4 is 10.6 Å². The van der Waals surface area contributed by atoms with Crippen molar-refractivity contribution in [3.8, 4) is 0 Å². The second-order valence-electron chi connectivity index (χ2n) is 3.50. The Kier molecular flexibility index (Phi) is 3.93. The molecule has 0 spiro atoms. The minimum absolute atomic E-state index is 0.256. The van der Waals surface area contributed by atoms with Crippen LogP contribution in [0, 0.1) is 0 Å². The molecule has 0 saturated carbocycles.